The molecule has 0 aliphatic rings. The third-order valence-electron chi connectivity index (χ3n) is 2.58. The summed E-state index contributed by atoms with van der Waals surface area (Å²) in [5.74, 6) is -0.206. The molecule has 0 fully saturated rings. The summed E-state index contributed by atoms with van der Waals surface area (Å²) in [6.45, 7) is 3.65. The zero-order valence-corrected chi connectivity index (χ0v) is 9.94. The summed E-state index contributed by atoms with van der Waals surface area (Å²) in [7, 11) is 0. The Hall–Kier alpha value is -1.85. The van der Waals surface area contributed by atoms with E-state index in [1.54, 1.807) is 6.07 Å². The minimum Gasteiger partial charge on any atom is -0.236 e. The van der Waals surface area contributed by atoms with Crippen LogP contribution in [-0.4, -0.2) is 14.8 Å². The lowest BCUT2D eigenvalue weighted by Crippen LogP contribution is -2.14. The molecule has 0 saturated heterocycles. The highest BCUT2D eigenvalue weighted by Crippen LogP contribution is 2.34. The van der Waals surface area contributed by atoms with Gasteiger partial charge in [-0.2, -0.15) is 18.3 Å². The second-order valence-electron chi connectivity index (χ2n) is 4.24. The van der Waals surface area contributed by atoms with Crippen molar-refractivity contribution in [2.75, 3.05) is 0 Å². The molecule has 0 saturated carbocycles. The molecular weight excluding hydrogens is 243 g/mol. The summed E-state index contributed by atoms with van der Waals surface area (Å²) in [6, 6.07) is 2.69. The van der Waals surface area contributed by atoms with Crippen LogP contribution in [0.2, 0.25) is 0 Å². The highest BCUT2D eigenvalue weighted by Gasteiger charge is 2.35. The monoisotopic (exact) mass is 255 g/mol. The highest BCUT2D eigenvalue weighted by molar-refractivity contribution is 5.38. The van der Waals surface area contributed by atoms with Crippen LogP contribution < -0.4 is 0 Å². The molecular formula is C12H12F3N3. The predicted molar refractivity (Wildman–Crippen MR) is 60.5 cm³/mol. The van der Waals surface area contributed by atoms with E-state index in [0.29, 0.717) is 5.56 Å². The molecule has 0 radical (unpaired) electrons. The lowest BCUT2D eigenvalue weighted by atomic mass is 10.0. The molecule has 0 unspecified atom stereocenters. The van der Waals surface area contributed by atoms with Crippen molar-refractivity contribution in [3.8, 4) is 5.82 Å². The van der Waals surface area contributed by atoms with Gasteiger partial charge >= 0.3 is 6.18 Å². The van der Waals surface area contributed by atoms with Crippen LogP contribution in [0.5, 0.6) is 0 Å². The third kappa shape index (κ3) is 2.37. The van der Waals surface area contributed by atoms with E-state index in [0.717, 1.165) is 10.7 Å². The lowest BCUT2D eigenvalue weighted by molar-refractivity contribution is -0.137. The molecule has 0 amide bonds. The molecule has 0 aromatic carbocycles. The lowest BCUT2D eigenvalue weighted by Gasteiger charge is -2.14. The van der Waals surface area contributed by atoms with Gasteiger partial charge < -0.3 is 0 Å². The quantitative estimate of drug-likeness (QED) is 0.823. The summed E-state index contributed by atoms with van der Waals surface area (Å²) < 4.78 is 40.1. The van der Waals surface area contributed by atoms with E-state index in [1.807, 2.05) is 13.8 Å². The van der Waals surface area contributed by atoms with Crippen molar-refractivity contribution < 1.29 is 13.2 Å². The molecule has 2 rings (SSSR count). The van der Waals surface area contributed by atoms with Crippen LogP contribution in [0.4, 0.5) is 13.2 Å². The minimum atomic E-state index is -4.45. The van der Waals surface area contributed by atoms with Gasteiger partial charge in [0.25, 0.3) is 0 Å². The summed E-state index contributed by atoms with van der Waals surface area (Å²) in [5.41, 5.74) is -0.212. The van der Waals surface area contributed by atoms with Crippen molar-refractivity contribution in [2.45, 2.75) is 25.9 Å². The second-order valence-corrected chi connectivity index (χ2v) is 4.24. The Morgan fingerprint density at radius 3 is 2.50 bits per heavy atom. The highest BCUT2D eigenvalue weighted by atomic mass is 19.4. The van der Waals surface area contributed by atoms with Crippen molar-refractivity contribution in [3.05, 3.63) is 41.9 Å². The molecule has 0 bridgehead atoms. The average molecular weight is 255 g/mol. The zero-order chi connectivity index (χ0) is 13.3. The summed E-state index contributed by atoms with van der Waals surface area (Å²) in [5, 5.41) is 3.79. The van der Waals surface area contributed by atoms with Gasteiger partial charge in [0.15, 0.2) is 5.82 Å². The number of halogens is 3. The predicted octanol–water partition coefficient (Wildman–Crippen LogP) is 3.41. The molecule has 3 nitrogen and oxygen atoms in total. The van der Waals surface area contributed by atoms with E-state index in [9.17, 15) is 13.2 Å². The molecule has 0 aliphatic carbocycles. The fourth-order valence-corrected chi connectivity index (χ4v) is 1.57. The zero-order valence-electron chi connectivity index (χ0n) is 9.94. The average Bonchev–Trinajstić information content (AvgIpc) is 2.80. The number of alkyl halides is 3. The van der Waals surface area contributed by atoms with Crippen molar-refractivity contribution in [3.63, 3.8) is 0 Å². The first-order valence-electron chi connectivity index (χ1n) is 5.46. The minimum absolute atomic E-state index is 0.00901. The maximum absolute atomic E-state index is 13.0. The first kappa shape index (κ1) is 12.6. The first-order valence-corrected chi connectivity index (χ1v) is 5.46. The van der Waals surface area contributed by atoms with Gasteiger partial charge in [-0.3, -0.25) is 0 Å². The molecule has 2 heterocycles. The number of hydrogen-bond donors (Lipinski definition) is 0. The second kappa shape index (κ2) is 4.44. The molecule has 2 aromatic rings. The van der Waals surface area contributed by atoms with E-state index >= 15 is 0 Å². The normalized spacial score (nSPS) is 12.1. The molecule has 96 valence electrons. The van der Waals surface area contributed by atoms with Crippen LogP contribution in [-0.2, 0) is 6.18 Å². The van der Waals surface area contributed by atoms with Gasteiger partial charge in [0.2, 0.25) is 0 Å². The van der Waals surface area contributed by atoms with Crippen LogP contribution in [0.25, 0.3) is 5.82 Å². The molecule has 18 heavy (non-hydrogen) atoms. The van der Waals surface area contributed by atoms with E-state index < -0.39 is 11.7 Å². The molecule has 6 heteroatoms. The van der Waals surface area contributed by atoms with Crippen LogP contribution >= 0.6 is 0 Å². The van der Waals surface area contributed by atoms with Crippen LogP contribution in [0.15, 0.2) is 30.7 Å². The Balaban J connectivity index is 2.60. The van der Waals surface area contributed by atoms with Gasteiger partial charge in [-0.25, -0.2) is 9.67 Å². The number of hydrogen-bond acceptors (Lipinski definition) is 2. The standard InChI is InChI=1S/C12H12F3N3/c1-8(2)9-6-10(12(13,14)15)11(16-7-9)18-5-3-4-17-18/h3-8H,1-2H3. The van der Waals surface area contributed by atoms with Crippen LogP contribution in [0.3, 0.4) is 0 Å². The number of pyridine rings is 1. The number of rotatable bonds is 2. The summed E-state index contributed by atoms with van der Waals surface area (Å²) in [4.78, 5) is 3.89. The number of aromatic nitrogens is 3. The maximum atomic E-state index is 13.0. The summed E-state index contributed by atoms with van der Waals surface area (Å²) in [6.07, 6.45) is -0.138. The van der Waals surface area contributed by atoms with Gasteiger partial charge in [-0.05, 0) is 23.6 Å². The van der Waals surface area contributed by atoms with Crippen molar-refractivity contribution >= 4 is 0 Å². The smallest absolute Gasteiger partial charge is 0.236 e. The SMILES string of the molecule is CC(C)c1cnc(-n2cccn2)c(C(F)(F)F)c1. The van der Waals surface area contributed by atoms with Crippen LogP contribution in [0.1, 0.15) is 30.9 Å². The fraction of sp³-hybridized carbons (Fsp3) is 0.333. The Kier molecular flexibility index (Phi) is 3.11. The van der Waals surface area contributed by atoms with Gasteiger partial charge in [0.05, 0.1) is 0 Å². The van der Waals surface area contributed by atoms with Gasteiger partial charge in [0, 0.05) is 18.6 Å². The molecule has 0 atom stereocenters. The molecule has 2 aromatic heterocycles. The largest absolute Gasteiger partial charge is 0.420 e. The van der Waals surface area contributed by atoms with Gasteiger partial charge in [-0.1, -0.05) is 13.8 Å². The Bertz CT molecular complexity index is 530. The maximum Gasteiger partial charge on any atom is 0.420 e. The van der Waals surface area contributed by atoms with Crippen molar-refractivity contribution in [2.24, 2.45) is 0 Å². The first-order chi connectivity index (χ1) is 8.39. The van der Waals surface area contributed by atoms with E-state index in [2.05, 4.69) is 10.1 Å². The molecule has 0 N–H and O–H groups in total. The third-order valence-corrected chi connectivity index (χ3v) is 2.58. The Morgan fingerprint density at radius 2 is 2.00 bits per heavy atom. The van der Waals surface area contributed by atoms with E-state index in [4.69, 9.17) is 0 Å². The Morgan fingerprint density at radius 1 is 1.28 bits per heavy atom. The van der Waals surface area contributed by atoms with Crippen LogP contribution in [0, 0.1) is 0 Å². The Labute approximate surface area is 102 Å². The number of nitrogens with zero attached hydrogens (tertiary/aromatic N) is 3. The van der Waals surface area contributed by atoms with Gasteiger partial charge in [-0.15, -0.1) is 0 Å². The molecule has 0 spiro atoms. The van der Waals surface area contributed by atoms with E-state index in [-0.39, 0.29) is 11.7 Å². The fourth-order valence-electron chi connectivity index (χ4n) is 1.57. The van der Waals surface area contributed by atoms with Gasteiger partial charge in [0.1, 0.15) is 5.56 Å². The van der Waals surface area contributed by atoms with Crippen molar-refractivity contribution in [1.82, 2.24) is 14.8 Å². The molecule has 0 aliphatic heterocycles. The summed E-state index contributed by atoms with van der Waals surface area (Å²) >= 11 is 0. The van der Waals surface area contributed by atoms with E-state index in [1.165, 1.54) is 18.6 Å². The topological polar surface area (TPSA) is 30.7 Å². The van der Waals surface area contributed by atoms with Crippen molar-refractivity contribution in [1.29, 1.82) is 0 Å².